The average Bonchev–Trinajstić information content (AvgIpc) is 2.86. The van der Waals surface area contributed by atoms with E-state index < -0.39 is 0 Å². The Morgan fingerprint density at radius 2 is 2.44 bits per heavy atom. The molecular formula is C12H18N2OS. The van der Waals surface area contributed by atoms with Crippen molar-refractivity contribution in [1.82, 2.24) is 10.6 Å². The molecule has 4 heteroatoms. The Hall–Kier alpha value is -0.870. The highest BCUT2D eigenvalue weighted by Gasteiger charge is 2.21. The Balaban J connectivity index is 1.84. The summed E-state index contributed by atoms with van der Waals surface area (Å²) in [6.45, 7) is 5.85. The third kappa shape index (κ3) is 2.62. The molecule has 2 N–H and O–H groups in total. The van der Waals surface area contributed by atoms with Gasteiger partial charge in [-0.3, -0.25) is 4.79 Å². The second-order valence-corrected chi connectivity index (χ2v) is 5.66. The number of carbonyl (C=O) groups is 1. The molecule has 1 aromatic heterocycles. The van der Waals surface area contributed by atoms with E-state index in [-0.39, 0.29) is 11.9 Å². The van der Waals surface area contributed by atoms with E-state index in [0.717, 1.165) is 19.4 Å². The molecule has 3 nitrogen and oxygen atoms in total. The minimum Gasteiger partial charge on any atom is -0.350 e. The third-order valence-electron chi connectivity index (χ3n) is 3.03. The van der Waals surface area contributed by atoms with Gasteiger partial charge in [-0.25, -0.2) is 0 Å². The molecule has 1 fully saturated rings. The number of amides is 1. The largest absolute Gasteiger partial charge is 0.350 e. The Morgan fingerprint density at radius 3 is 3.00 bits per heavy atom. The summed E-state index contributed by atoms with van der Waals surface area (Å²) < 4.78 is 0. The summed E-state index contributed by atoms with van der Waals surface area (Å²) in [5.41, 5.74) is 1.31. The van der Waals surface area contributed by atoms with E-state index in [1.54, 1.807) is 11.3 Å². The standard InChI is InChI=1S/C12H18N2OS/c1-8-6-10(16-9(8)2)7-14-12(15)11-4-3-5-13-11/h6,11,13H,3-5,7H2,1-2H3,(H,14,15)/t11-/m1/s1. The first-order chi connectivity index (χ1) is 7.66. The van der Waals surface area contributed by atoms with Crippen molar-refractivity contribution in [2.24, 2.45) is 0 Å². The van der Waals surface area contributed by atoms with E-state index in [4.69, 9.17) is 0 Å². The van der Waals surface area contributed by atoms with Gasteiger partial charge in [-0.2, -0.15) is 0 Å². The highest BCUT2D eigenvalue weighted by molar-refractivity contribution is 7.12. The highest BCUT2D eigenvalue weighted by atomic mass is 32.1. The maximum Gasteiger partial charge on any atom is 0.237 e. The van der Waals surface area contributed by atoms with Crippen LogP contribution in [0, 0.1) is 13.8 Å². The summed E-state index contributed by atoms with van der Waals surface area (Å²) in [7, 11) is 0. The summed E-state index contributed by atoms with van der Waals surface area (Å²) in [5.74, 6) is 0.140. The minimum absolute atomic E-state index is 0.0298. The third-order valence-corrected chi connectivity index (χ3v) is 4.18. The van der Waals surface area contributed by atoms with Crippen molar-refractivity contribution in [2.75, 3.05) is 6.54 Å². The molecule has 1 atom stereocenters. The van der Waals surface area contributed by atoms with Crippen LogP contribution in [-0.2, 0) is 11.3 Å². The van der Waals surface area contributed by atoms with Gasteiger partial charge in [-0.1, -0.05) is 0 Å². The molecule has 1 saturated heterocycles. The molecule has 0 unspecified atom stereocenters. The first kappa shape index (κ1) is 11.6. The maximum atomic E-state index is 11.7. The number of hydrogen-bond donors (Lipinski definition) is 2. The van der Waals surface area contributed by atoms with Gasteiger partial charge in [-0.05, 0) is 44.9 Å². The van der Waals surface area contributed by atoms with Crippen LogP contribution < -0.4 is 10.6 Å². The molecule has 0 radical (unpaired) electrons. The number of thiophene rings is 1. The van der Waals surface area contributed by atoms with Gasteiger partial charge in [-0.15, -0.1) is 11.3 Å². The zero-order valence-electron chi connectivity index (χ0n) is 9.80. The normalized spacial score (nSPS) is 20.0. The molecule has 1 aromatic rings. The molecule has 0 aliphatic carbocycles. The first-order valence-electron chi connectivity index (χ1n) is 5.74. The zero-order valence-corrected chi connectivity index (χ0v) is 10.6. The van der Waals surface area contributed by atoms with Crippen LogP contribution in [0.3, 0.4) is 0 Å². The minimum atomic E-state index is 0.0298. The summed E-state index contributed by atoms with van der Waals surface area (Å²) >= 11 is 1.76. The van der Waals surface area contributed by atoms with Gasteiger partial charge in [0.05, 0.1) is 12.6 Å². The zero-order chi connectivity index (χ0) is 11.5. The quantitative estimate of drug-likeness (QED) is 0.842. The fraction of sp³-hybridized carbons (Fsp3) is 0.583. The summed E-state index contributed by atoms with van der Waals surface area (Å²) in [4.78, 5) is 14.3. The highest BCUT2D eigenvalue weighted by Crippen LogP contribution is 2.20. The SMILES string of the molecule is Cc1cc(CNC(=O)[C@H]2CCCN2)sc1C. The second-order valence-electron chi connectivity index (χ2n) is 4.32. The molecule has 1 aliphatic rings. The predicted octanol–water partition coefficient (Wildman–Crippen LogP) is 1.73. The van der Waals surface area contributed by atoms with Gasteiger partial charge in [0.25, 0.3) is 0 Å². The Bertz CT molecular complexity index is 361. The van der Waals surface area contributed by atoms with Gasteiger partial charge in [0.1, 0.15) is 0 Å². The summed E-state index contributed by atoms with van der Waals surface area (Å²) in [5, 5.41) is 6.19. The molecule has 0 saturated carbocycles. The molecule has 16 heavy (non-hydrogen) atoms. The smallest absolute Gasteiger partial charge is 0.237 e. The van der Waals surface area contributed by atoms with Crippen molar-refractivity contribution in [3.05, 3.63) is 21.4 Å². The predicted molar refractivity (Wildman–Crippen MR) is 66.7 cm³/mol. The van der Waals surface area contributed by atoms with Gasteiger partial charge < -0.3 is 10.6 Å². The van der Waals surface area contributed by atoms with Crippen molar-refractivity contribution >= 4 is 17.2 Å². The molecule has 1 aliphatic heterocycles. The number of rotatable bonds is 3. The number of nitrogens with one attached hydrogen (secondary N) is 2. The van der Waals surface area contributed by atoms with Crippen molar-refractivity contribution in [3.63, 3.8) is 0 Å². The monoisotopic (exact) mass is 238 g/mol. The van der Waals surface area contributed by atoms with Crippen LogP contribution >= 0.6 is 11.3 Å². The van der Waals surface area contributed by atoms with Gasteiger partial charge in [0, 0.05) is 9.75 Å². The van der Waals surface area contributed by atoms with Crippen LogP contribution in [0.15, 0.2) is 6.07 Å². The Kier molecular flexibility index (Phi) is 3.61. The lowest BCUT2D eigenvalue weighted by Crippen LogP contribution is -2.39. The lowest BCUT2D eigenvalue weighted by Gasteiger charge is -2.09. The van der Waals surface area contributed by atoms with E-state index in [1.807, 2.05) is 0 Å². The van der Waals surface area contributed by atoms with E-state index in [1.165, 1.54) is 15.3 Å². The number of aryl methyl sites for hydroxylation is 2. The van der Waals surface area contributed by atoms with Crippen LogP contribution in [0.1, 0.15) is 28.2 Å². The average molecular weight is 238 g/mol. The molecule has 2 heterocycles. The second kappa shape index (κ2) is 4.97. The number of hydrogen-bond acceptors (Lipinski definition) is 3. The fourth-order valence-electron chi connectivity index (χ4n) is 1.94. The van der Waals surface area contributed by atoms with Gasteiger partial charge >= 0.3 is 0 Å². The topological polar surface area (TPSA) is 41.1 Å². The lowest BCUT2D eigenvalue weighted by molar-refractivity contribution is -0.122. The van der Waals surface area contributed by atoms with Gasteiger partial charge in [0.15, 0.2) is 0 Å². The molecule has 0 spiro atoms. The van der Waals surface area contributed by atoms with Crippen LogP contribution in [0.25, 0.3) is 0 Å². The molecule has 88 valence electrons. The maximum absolute atomic E-state index is 11.7. The Labute approximate surface area is 100 Å². The lowest BCUT2D eigenvalue weighted by atomic mass is 10.2. The fourth-order valence-corrected chi connectivity index (χ4v) is 2.94. The van der Waals surface area contributed by atoms with Crippen LogP contribution in [-0.4, -0.2) is 18.5 Å². The van der Waals surface area contributed by atoms with Crippen molar-refractivity contribution in [1.29, 1.82) is 0 Å². The van der Waals surface area contributed by atoms with Gasteiger partial charge in [0.2, 0.25) is 5.91 Å². The van der Waals surface area contributed by atoms with Crippen molar-refractivity contribution in [2.45, 2.75) is 39.3 Å². The van der Waals surface area contributed by atoms with Crippen LogP contribution in [0.4, 0.5) is 0 Å². The summed E-state index contributed by atoms with van der Waals surface area (Å²) in [6.07, 6.45) is 2.07. The van der Waals surface area contributed by atoms with Crippen LogP contribution in [0.5, 0.6) is 0 Å². The van der Waals surface area contributed by atoms with Crippen LogP contribution in [0.2, 0.25) is 0 Å². The first-order valence-corrected chi connectivity index (χ1v) is 6.55. The molecule has 2 rings (SSSR count). The molecule has 0 bridgehead atoms. The molecule has 1 amide bonds. The van der Waals surface area contributed by atoms with E-state index >= 15 is 0 Å². The van der Waals surface area contributed by atoms with E-state index in [9.17, 15) is 4.79 Å². The van der Waals surface area contributed by atoms with E-state index in [0.29, 0.717) is 6.54 Å². The van der Waals surface area contributed by atoms with Crippen molar-refractivity contribution in [3.8, 4) is 0 Å². The number of carbonyl (C=O) groups excluding carboxylic acids is 1. The molecular weight excluding hydrogens is 220 g/mol. The van der Waals surface area contributed by atoms with Crippen molar-refractivity contribution < 1.29 is 4.79 Å². The summed E-state index contributed by atoms with van der Waals surface area (Å²) in [6, 6.07) is 2.18. The Morgan fingerprint density at radius 1 is 1.62 bits per heavy atom. The molecule has 0 aromatic carbocycles. The van der Waals surface area contributed by atoms with E-state index in [2.05, 4.69) is 30.5 Å².